The zero-order chi connectivity index (χ0) is 29.9. The van der Waals surface area contributed by atoms with E-state index in [1.54, 1.807) is 58.2 Å². The van der Waals surface area contributed by atoms with Gasteiger partial charge in [-0.05, 0) is 73.9 Å². The molecule has 1 aromatic heterocycles. The van der Waals surface area contributed by atoms with E-state index in [-0.39, 0.29) is 12.0 Å². The molecule has 217 valence electrons. The second-order valence-electron chi connectivity index (χ2n) is 11.8. The number of fused-ring (bicyclic) bond motifs is 1. The molecule has 0 saturated heterocycles. The van der Waals surface area contributed by atoms with Gasteiger partial charge in [-0.25, -0.2) is 19.2 Å². The van der Waals surface area contributed by atoms with Gasteiger partial charge in [-0.1, -0.05) is 44.4 Å². The molecule has 1 heterocycles. The fraction of sp³-hybridized carbons (Fsp3) is 0.467. The Balaban J connectivity index is 1.47. The average Bonchev–Trinajstić information content (AvgIpc) is 3.43. The first-order valence-corrected chi connectivity index (χ1v) is 15.5. The van der Waals surface area contributed by atoms with Gasteiger partial charge in [-0.3, -0.25) is 9.36 Å². The fourth-order valence-corrected chi connectivity index (χ4v) is 6.63. The lowest BCUT2D eigenvalue weighted by Crippen LogP contribution is -2.53. The number of nitrogens with zero attached hydrogens (tertiary/aromatic N) is 2. The number of aryl methyl sites for hydroxylation is 1. The van der Waals surface area contributed by atoms with E-state index >= 15 is 4.39 Å². The molecule has 9 nitrogen and oxygen atoms in total. The zero-order valence-corrected chi connectivity index (χ0v) is 25.0. The lowest BCUT2D eigenvalue weighted by atomic mass is 9.91. The number of nitrogens with one attached hydrogen (secondary N) is 2. The van der Waals surface area contributed by atoms with Crippen molar-refractivity contribution in [1.29, 1.82) is 5.26 Å². The van der Waals surface area contributed by atoms with Crippen LogP contribution in [0.5, 0.6) is 0 Å². The van der Waals surface area contributed by atoms with Crippen LogP contribution >= 0.6 is 0 Å². The molecule has 2 amide bonds. The maximum atomic E-state index is 15.2. The number of aromatic nitrogens is 1. The van der Waals surface area contributed by atoms with E-state index < -0.39 is 44.2 Å². The third-order valence-electron chi connectivity index (χ3n) is 7.54. The molecule has 1 aliphatic rings. The molecule has 3 aromatic rings. The molecule has 2 aromatic carbocycles. The molecule has 3 atom stereocenters. The van der Waals surface area contributed by atoms with Crippen molar-refractivity contribution in [3.05, 3.63) is 58.3 Å². The normalized spacial score (nSPS) is 17.8. The van der Waals surface area contributed by atoms with E-state index in [4.69, 9.17) is 9.15 Å². The zero-order valence-electron chi connectivity index (χ0n) is 24.0. The molecule has 41 heavy (non-hydrogen) atoms. The van der Waals surface area contributed by atoms with Crippen molar-refractivity contribution in [2.45, 2.75) is 71.1 Å². The van der Waals surface area contributed by atoms with Crippen LogP contribution in [0.2, 0.25) is 0 Å². The van der Waals surface area contributed by atoms with Crippen molar-refractivity contribution in [3.63, 3.8) is 0 Å². The molecule has 1 saturated carbocycles. The van der Waals surface area contributed by atoms with Gasteiger partial charge in [0, 0.05) is 13.1 Å². The molecule has 4 rings (SSSR count). The Kier molecular flexibility index (Phi) is 9.02. The van der Waals surface area contributed by atoms with Gasteiger partial charge in [-0.15, -0.1) is 0 Å². The first-order chi connectivity index (χ1) is 19.3. The van der Waals surface area contributed by atoms with Crippen LogP contribution in [0.15, 0.2) is 45.6 Å². The van der Waals surface area contributed by atoms with Crippen LogP contribution in [0.1, 0.15) is 58.9 Å². The number of alkyl carbamates (subject to hydrolysis) is 1. The lowest BCUT2D eigenvalue weighted by molar-refractivity contribution is -0.122. The number of amides is 2. The average molecular weight is 580 g/mol. The highest BCUT2D eigenvalue weighted by Crippen LogP contribution is 2.34. The van der Waals surface area contributed by atoms with Crippen LogP contribution in [0.4, 0.5) is 9.18 Å². The highest BCUT2D eigenvalue weighted by Gasteiger charge is 2.33. The van der Waals surface area contributed by atoms with E-state index in [9.17, 15) is 19.6 Å². The topological polar surface area (TPSA) is 126 Å². The molecule has 1 fully saturated rings. The van der Waals surface area contributed by atoms with Gasteiger partial charge >= 0.3 is 20.8 Å². The molecular weight excluding hydrogens is 543 g/mol. The number of benzene rings is 2. The molecule has 1 aliphatic carbocycles. The molecule has 1 radical (unpaired) electrons. The second kappa shape index (κ2) is 12.3. The molecule has 1 unspecified atom stereocenters. The standard InChI is InChI=1S/C30H36FN4O5Si/c1-18-7-6-8-19(18)14-24(33-28(37)40-30(2,3)4)27(36)34-41(17-32)16-22-10-9-20(13-23(22)31)21-11-12-26-25(15-21)35(5)29(38)39-26/h9-13,15,18-19,24H,6-8,14,16H2,1-5H3,(H,33,37)(H,34,36)/t18?,19-,24-/m0/s1. The summed E-state index contributed by atoms with van der Waals surface area (Å²) in [6, 6.07) is 9.08. The van der Waals surface area contributed by atoms with Crippen molar-refractivity contribution >= 4 is 32.1 Å². The van der Waals surface area contributed by atoms with E-state index in [0.717, 1.165) is 19.3 Å². The van der Waals surface area contributed by atoms with Crippen molar-refractivity contribution < 1.29 is 23.1 Å². The van der Waals surface area contributed by atoms with Crippen molar-refractivity contribution in [1.82, 2.24) is 14.9 Å². The van der Waals surface area contributed by atoms with E-state index in [1.165, 1.54) is 10.6 Å². The quantitative estimate of drug-likeness (QED) is 0.365. The predicted molar refractivity (Wildman–Crippen MR) is 154 cm³/mol. The van der Waals surface area contributed by atoms with E-state index in [2.05, 4.69) is 22.9 Å². The Morgan fingerprint density at radius 3 is 2.56 bits per heavy atom. The minimum atomic E-state index is -2.20. The molecule has 0 spiro atoms. The second-order valence-corrected chi connectivity index (χ2v) is 13.6. The molecule has 11 heteroatoms. The Hall–Kier alpha value is -3.91. The van der Waals surface area contributed by atoms with Gasteiger partial charge in [0.25, 0.3) is 0 Å². The third-order valence-corrected chi connectivity index (χ3v) is 9.09. The van der Waals surface area contributed by atoms with Gasteiger partial charge in [0.2, 0.25) is 5.91 Å². The smallest absolute Gasteiger partial charge is 0.419 e. The van der Waals surface area contributed by atoms with Crippen LogP contribution in [-0.2, 0) is 22.6 Å². The Labute approximate surface area is 240 Å². The van der Waals surface area contributed by atoms with Gasteiger partial charge in [0.15, 0.2) is 5.58 Å². The highest BCUT2D eigenvalue weighted by atomic mass is 28.3. The lowest BCUT2D eigenvalue weighted by Gasteiger charge is -2.26. The Bertz CT molecular complexity index is 1540. The maximum Gasteiger partial charge on any atom is 0.419 e. The summed E-state index contributed by atoms with van der Waals surface area (Å²) in [4.78, 5) is 40.4. The number of carbonyl (C=O) groups excluding carboxylic acids is 2. The van der Waals surface area contributed by atoms with Gasteiger partial charge in [0.1, 0.15) is 17.5 Å². The van der Waals surface area contributed by atoms with E-state index in [1.807, 2.05) is 0 Å². The van der Waals surface area contributed by atoms with Crippen LogP contribution < -0.4 is 16.1 Å². The van der Waals surface area contributed by atoms with Gasteiger partial charge in [0.05, 0.1) is 11.2 Å². The predicted octanol–water partition coefficient (Wildman–Crippen LogP) is 4.91. The maximum absolute atomic E-state index is 15.2. The largest absolute Gasteiger partial charge is 0.444 e. The minimum absolute atomic E-state index is 0.0489. The third kappa shape index (κ3) is 7.44. The number of carbonyl (C=O) groups is 2. The van der Waals surface area contributed by atoms with Gasteiger partial charge < -0.3 is 19.5 Å². The molecular formula is C30H36FN4O5Si. The molecule has 0 aliphatic heterocycles. The minimum Gasteiger partial charge on any atom is -0.444 e. The van der Waals surface area contributed by atoms with Crippen molar-refractivity contribution in [3.8, 4) is 16.8 Å². The van der Waals surface area contributed by atoms with Crippen LogP contribution in [-0.4, -0.2) is 37.2 Å². The van der Waals surface area contributed by atoms with Crippen LogP contribution in [0, 0.1) is 28.6 Å². The fourth-order valence-electron chi connectivity index (χ4n) is 5.27. The van der Waals surface area contributed by atoms with Crippen LogP contribution in [0.3, 0.4) is 0 Å². The van der Waals surface area contributed by atoms with Crippen molar-refractivity contribution in [2.24, 2.45) is 18.9 Å². The summed E-state index contributed by atoms with van der Waals surface area (Å²) in [5.74, 6) is -0.737. The number of nitriles is 1. The summed E-state index contributed by atoms with van der Waals surface area (Å²) in [5, 5.41) is 12.5. The monoisotopic (exact) mass is 579 g/mol. The van der Waals surface area contributed by atoms with Crippen LogP contribution in [0.25, 0.3) is 22.2 Å². The first kappa shape index (κ1) is 30.1. The summed E-state index contributed by atoms with van der Waals surface area (Å²) >= 11 is 0. The van der Waals surface area contributed by atoms with Crippen molar-refractivity contribution in [2.75, 3.05) is 0 Å². The number of halogens is 1. The highest BCUT2D eigenvalue weighted by molar-refractivity contribution is 6.66. The van der Waals surface area contributed by atoms with E-state index in [0.29, 0.717) is 40.1 Å². The summed E-state index contributed by atoms with van der Waals surface area (Å²) < 4.78 is 27.1. The number of hydrogen-bond acceptors (Lipinski definition) is 6. The molecule has 0 bridgehead atoms. The Morgan fingerprint density at radius 1 is 1.22 bits per heavy atom. The summed E-state index contributed by atoms with van der Waals surface area (Å²) in [7, 11) is -0.602. The number of hydrogen-bond donors (Lipinski definition) is 2. The number of rotatable bonds is 8. The summed E-state index contributed by atoms with van der Waals surface area (Å²) in [6.45, 7) is 7.38. The van der Waals surface area contributed by atoms with Gasteiger partial charge in [-0.2, -0.15) is 0 Å². The summed E-state index contributed by atoms with van der Waals surface area (Å²) in [6.07, 6.45) is 2.87. The Morgan fingerprint density at radius 2 is 1.93 bits per heavy atom. The molecule has 2 N–H and O–H groups in total. The number of ether oxygens (including phenoxy) is 1. The SMILES string of the molecule is CC1CCC[C@H]1C[C@H](NC(=O)OC(C)(C)C)C(=O)N[Si](C#N)Cc1ccc(-c2ccc3oc(=O)n(C)c3c2)cc1F. The first-order valence-electron chi connectivity index (χ1n) is 13.8. The number of oxazole rings is 1. The summed E-state index contributed by atoms with van der Waals surface area (Å²) in [5.41, 5.74) is 4.07.